The van der Waals surface area contributed by atoms with Crippen LogP contribution in [0.15, 0.2) is 30.3 Å². The standard InChI is InChI=1S/C29H32F4N4O6/c1-14(2)10-21(37-29(42)28(41)35-19-7-5-4-6-15(19)3)27(40)36-20(11-16-8-9-34-26(16)39)22(38)13-43-25-23(32)17(30)12-18(31)24(25)33/h4-7,12,14,16,20-21H,8-11,13H2,1-3H3,(H,34,39)(H,35,41)(H,36,40)(H,37,42)/t16-,20-,21-/m0/s1. The molecule has 0 saturated carbocycles. The van der Waals surface area contributed by atoms with Crippen molar-refractivity contribution >= 4 is 35.1 Å². The highest BCUT2D eigenvalue weighted by Gasteiger charge is 2.34. The average molecular weight is 609 g/mol. The number of rotatable bonds is 12. The van der Waals surface area contributed by atoms with E-state index in [2.05, 4.69) is 21.3 Å². The normalized spacial score (nSPS) is 15.8. The maximum absolute atomic E-state index is 14.0. The number of Topliss-reactive ketones (excluding diaryl/α,β-unsaturated/α-hetero) is 1. The highest BCUT2D eigenvalue weighted by molar-refractivity contribution is 6.40. The van der Waals surface area contributed by atoms with E-state index < -0.39 is 83.0 Å². The van der Waals surface area contributed by atoms with E-state index in [9.17, 15) is 41.5 Å². The van der Waals surface area contributed by atoms with Crippen molar-refractivity contribution in [2.45, 2.75) is 52.1 Å². The molecule has 1 heterocycles. The van der Waals surface area contributed by atoms with Crippen molar-refractivity contribution in [3.8, 4) is 5.75 Å². The number of halogens is 4. The fraction of sp³-hybridized carbons (Fsp3) is 0.414. The predicted octanol–water partition coefficient (Wildman–Crippen LogP) is 2.68. The molecule has 0 spiro atoms. The summed E-state index contributed by atoms with van der Waals surface area (Å²) >= 11 is 0. The molecule has 0 aliphatic carbocycles. The van der Waals surface area contributed by atoms with Crippen molar-refractivity contribution < 1.29 is 46.3 Å². The van der Waals surface area contributed by atoms with Crippen molar-refractivity contribution in [1.29, 1.82) is 0 Å². The van der Waals surface area contributed by atoms with Crippen LogP contribution in [0.25, 0.3) is 0 Å². The third-order valence-electron chi connectivity index (χ3n) is 6.75. The number of benzene rings is 2. The Kier molecular flexibility index (Phi) is 11.2. The number of anilines is 1. The summed E-state index contributed by atoms with van der Waals surface area (Å²) in [4.78, 5) is 63.8. The molecule has 1 fully saturated rings. The number of ether oxygens (including phenoxy) is 1. The monoisotopic (exact) mass is 608 g/mol. The van der Waals surface area contributed by atoms with Gasteiger partial charge in [0.2, 0.25) is 23.4 Å². The lowest BCUT2D eigenvalue weighted by molar-refractivity contribution is -0.138. The molecule has 2 aromatic carbocycles. The number of para-hydroxylation sites is 1. The van der Waals surface area contributed by atoms with Crippen molar-refractivity contribution in [3.63, 3.8) is 0 Å². The molecule has 1 aliphatic heterocycles. The zero-order valence-corrected chi connectivity index (χ0v) is 23.7. The van der Waals surface area contributed by atoms with E-state index in [0.717, 1.165) is 0 Å². The van der Waals surface area contributed by atoms with Crippen LogP contribution in [0.1, 0.15) is 38.7 Å². The Labute approximate surface area is 244 Å². The third kappa shape index (κ3) is 8.75. The Bertz CT molecular complexity index is 1380. The number of hydrogen-bond donors (Lipinski definition) is 4. The fourth-order valence-electron chi connectivity index (χ4n) is 4.44. The van der Waals surface area contributed by atoms with E-state index in [1.807, 2.05) is 0 Å². The zero-order valence-electron chi connectivity index (χ0n) is 23.7. The van der Waals surface area contributed by atoms with E-state index >= 15 is 0 Å². The minimum absolute atomic E-state index is 0.0223. The van der Waals surface area contributed by atoms with Gasteiger partial charge in [0.25, 0.3) is 0 Å². The molecular weight excluding hydrogens is 576 g/mol. The molecule has 232 valence electrons. The van der Waals surface area contributed by atoms with Crippen LogP contribution in [0.4, 0.5) is 23.2 Å². The lowest BCUT2D eigenvalue weighted by Crippen LogP contribution is -2.54. The van der Waals surface area contributed by atoms with Gasteiger partial charge in [-0.1, -0.05) is 32.0 Å². The number of hydrogen-bond acceptors (Lipinski definition) is 6. The van der Waals surface area contributed by atoms with Crippen LogP contribution in [-0.4, -0.2) is 54.6 Å². The first-order valence-corrected chi connectivity index (χ1v) is 13.5. The lowest BCUT2D eigenvalue weighted by atomic mass is 9.95. The number of carbonyl (C=O) groups is 5. The summed E-state index contributed by atoms with van der Waals surface area (Å²) in [6.45, 7) is 4.42. The number of aryl methyl sites for hydroxylation is 1. The van der Waals surface area contributed by atoms with Gasteiger partial charge < -0.3 is 26.0 Å². The summed E-state index contributed by atoms with van der Waals surface area (Å²) in [6.07, 6.45) is 0.136. The second kappa shape index (κ2) is 14.6. The number of ketones is 1. The van der Waals surface area contributed by atoms with Gasteiger partial charge in [-0.05, 0) is 43.7 Å². The van der Waals surface area contributed by atoms with Crippen LogP contribution in [0, 0.1) is 42.0 Å². The third-order valence-corrected chi connectivity index (χ3v) is 6.75. The van der Waals surface area contributed by atoms with Gasteiger partial charge in [-0.15, -0.1) is 0 Å². The molecule has 14 heteroatoms. The first-order chi connectivity index (χ1) is 20.3. The lowest BCUT2D eigenvalue weighted by Gasteiger charge is -2.25. The summed E-state index contributed by atoms with van der Waals surface area (Å²) in [6, 6.07) is 3.94. The number of nitrogens with one attached hydrogen (secondary N) is 4. The average Bonchev–Trinajstić information content (AvgIpc) is 3.35. The van der Waals surface area contributed by atoms with E-state index in [0.29, 0.717) is 24.2 Å². The van der Waals surface area contributed by atoms with Crippen molar-refractivity contribution in [3.05, 3.63) is 59.2 Å². The largest absolute Gasteiger partial charge is 0.479 e. The summed E-state index contributed by atoms with van der Waals surface area (Å²) in [7, 11) is 0. The Morgan fingerprint density at radius 1 is 0.977 bits per heavy atom. The Morgan fingerprint density at radius 3 is 2.21 bits per heavy atom. The molecule has 0 unspecified atom stereocenters. The van der Waals surface area contributed by atoms with Crippen molar-refractivity contribution in [2.75, 3.05) is 18.5 Å². The van der Waals surface area contributed by atoms with Gasteiger partial charge in [0.1, 0.15) is 12.6 Å². The summed E-state index contributed by atoms with van der Waals surface area (Å²) in [5.74, 6) is -13.9. The first-order valence-electron chi connectivity index (χ1n) is 13.5. The number of carbonyl (C=O) groups excluding carboxylic acids is 5. The molecule has 0 radical (unpaired) electrons. The van der Waals surface area contributed by atoms with E-state index in [1.54, 1.807) is 45.0 Å². The molecule has 0 aromatic heterocycles. The van der Waals surface area contributed by atoms with Crippen LogP contribution in [0.2, 0.25) is 0 Å². The second-order valence-electron chi connectivity index (χ2n) is 10.6. The molecule has 1 saturated heterocycles. The zero-order chi connectivity index (χ0) is 31.8. The summed E-state index contributed by atoms with van der Waals surface area (Å²) in [5, 5.41) is 9.82. The molecule has 3 atom stereocenters. The summed E-state index contributed by atoms with van der Waals surface area (Å²) in [5.41, 5.74) is 1.08. The van der Waals surface area contributed by atoms with Crippen LogP contribution in [0.3, 0.4) is 0 Å². The van der Waals surface area contributed by atoms with Crippen LogP contribution < -0.4 is 26.0 Å². The molecule has 4 amide bonds. The molecule has 1 aliphatic rings. The Balaban J connectivity index is 1.76. The number of amides is 4. The Morgan fingerprint density at radius 2 is 1.63 bits per heavy atom. The van der Waals surface area contributed by atoms with Gasteiger partial charge >= 0.3 is 11.8 Å². The van der Waals surface area contributed by atoms with E-state index in [-0.39, 0.29) is 24.8 Å². The quantitative estimate of drug-likeness (QED) is 0.166. The van der Waals surface area contributed by atoms with Gasteiger partial charge in [-0.2, -0.15) is 8.78 Å². The molecule has 3 rings (SSSR count). The molecule has 0 bridgehead atoms. The smallest absolute Gasteiger partial charge is 0.313 e. The van der Waals surface area contributed by atoms with Gasteiger partial charge in [-0.25, -0.2) is 8.78 Å². The molecule has 43 heavy (non-hydrogen) atoms. The highest BCUT2D eigenvalue weighted by atomic mass is 19.2. The first kappa shape index (κ1) is 33.0. The maximum atomic E-state index is 14.0. The highest BCUT2D eigenvalue weighted by Crippen LogP contribution is 2.27. The molecule has 10 nitrogen and oxygen atoms in total. The van der Waals surface area contributed by atoms with Crippen molar-refractivity contribution in [1.82, 2.24) is 16.0 Å². The molecule has 4 N–H and O–H groups in total. The second-order valence-corrected chi connectivity index (χ2v) is 10.6. The SMILES string of the molecule is Cc1ccccc1NC(=O)C(=O)N[C@@H](CC(C)C)C(=O)N[C@@H](C[C@@H]1CCNC1=O)C(=O)COc1c(F)c(F)cc(F)c1F. The van der Waals surface area contributed by atoms with Gasteiger partial charge in [-0.3, -0.25) is 24.0 Å². The van der Waals surface area contributed by atoms with Crippen molar-refractivity contribution in [2.24, 2.45) is 11.8 Å². The molecular formula is C29H32F4N4O6. The van der Waals surface area contributed by atoms with Gasteiger partial charge in [0, 0.05) is 24.2 Å². The minimum atomic E-state index is -1.86. The maximum Gasteiger partial charge on any atom is 0.313 e. The van der Waals surface area contributed by atoms with Crippen LogP contribution in [0.5, 0.6) is 5.75 Å². The van der Waals surface area contributed by atoms with E-state index in [4.69, 9.17) is 4.74 Å². The van der Waals surface area contributed by atoms with Gasteiger partial charge in [0.15, 0.2) is 23.2 Å². The summed E-state index contributed by atoms with van der Waals surface area (Å²) < 4.78 is 60.0. The predicted molar refractivity (Wildman–Crippen MR) is 146 cm³/mol. The van der Waals surface area contributed by atoms with Gasteiger partial charge in [0.05, 0.1) is 6.04 Å². The topological polar surface area (TPSA) is 143 Å². The van der Waals surface area contributed by atoms with E-state index in [1.165, 1.54) is 0 Å². The van der Waals surface area contributed by atoms with Crippen LogP contribution >= 0.6 is 0 Å². The Hall–Kier alpha value is -4.49. The molecule has 2 aromatic rings. The fourth-order valence-corrected chi connectivity index (χ4v) is 4.44. The van der Waals surface area contributed by atoms with Crippen LogP contribution in [-0.2, 0) is 24.0 Å². The minimum Gasteiger partial charge on any atom is -0.479 e.